The second kappa shape index (κ2) is 8.99. The zero-order chi connectivity index (χ0) is 21.0. The molecule has 1 fully saturated rings. The van der Waals surface area contributed by atoms with E-state index in [0.717, 1.165) is 41.8 Å². The molecule has 0 saturated heterocycles. The summed E-state index contributed by atoms with van der Waals surface area (Å²) in [5.41, 5.74) is 2.79. The zero-order valence-corrected chi connectivity index (χ0v) is 17.9. The Morgan fingerprint density at radius 1 is 1.21 bits per heavy atom. The van der Waals surface area contributed by atoms with E-state index < -0.39 is 6.10 Å². The Balaban J connectivity index is 1.68. The molecule has 1 aliphatic carbocycles. The highest BCUT2D eigenvalue weighted by Gasteiger charge is 2.41. The molecule has 0 aromatic carbocycles. The third kappa shape index (κ3) is 5.18. The smallest absolute Gasteiger partial charge is 0.227 e. The molecule has 0 bridgehead atoms. The predicted octanol–water partition coefficient (Wildman–Crippen LogP) is 3.56. The summed E-state index contributed by atoms with van der Waals surface area (Å²) < 4.78 is 0. The van der Waals surface area contributed by atoms with Crippen LogP contribution in [0.15, 0.2) is 30.9 Å². The Morgan fingerprint density at radius 3 is 2.48 bits per heavy atom. The number of rotatable bonds is 9. The highest BCUT2D eigenvalue weighted by Crippen LogP contribution is 2.45. The minimum atomic E-state index is -0.759. The van der Waals surface area contributed by atoms with E-state index in [0.29, 0.717) is 6.54 Å². The molecule has 1 saturated carbocycles. The lowest BCUT2D eigenvalue weighted by molar-refractivity contribution is -0.132. The van der Waals surface area contributed by atoms with Crippen molar-refractivity contribution in [2.24, 2.45) is 0 Å². The maximum Gasteiger partial charge on any atom is 0.227 e. The van der Waals surface area contributed by atoms with Crippen LogP contribution in [0, 0.1) is 0 Å². The number of carbonyl (C=O) groups is 1. The molecule has 0 aliphatic heterocycles. The highest BCUT2D eigenvalue weighted by molar-refractivity contribution is 5.78. The van der Waals surface area contributed by atoms with Crippen LogP contribution in [0.1, 0.15) is 81.5 Å². The average Bonchev–Trinajstić information content (AvgIpc) is 3.46. The van der Waals surface area contributed by atoms with Crippen LogP contribution in [-0.4, -0.2) is 44.0 Å². The Bertz CT molecular complexity index is 831. The molecule has 0 radical (unpaired) electrons. The van der Waals surface area contributed by atoms with Gasteiger partial charge in [0.25, 0.3) is 0 Å². The fourth-order valence-corrected chi connectivity index (χ4v) is 3.57. The van der Waals surface area contributed by atoms with Crippen LogP contribution < -0.4 is 0 Å². The van der Waals surface area contributed by atoms with E-state index in [-0.39, 0.29) is 30.2 Å². The summed E-state index contributed by atoms with van der Waals surface area (Å²) in [5.74, 6) is 1.13. The number of pyridine rings is 1. The standard InChI is InChI=1S/C23H32N4O2/c1-5-10-27(15-20(28)19-14-24-9-6-18(19)16(2)3)21(29)11-17-12-25-22(26-13-17)23(4)7-8-23/h6,9,12-14,16,20,28H,5,7-8,10-11,15H2,1-4H3. The third-order valence-corrected chi connectivity index (χ3v) is 5.71. The number of hydrogen-bond donors (Lipinski definition) is 1. The van der Waals surface area contributed by atoms with Crippen molar-refractivity contribution in [3.8, 4) is 0 Å². The summed E-state index contributed by atoms with van der Waals surface area (Å²) in [6, 6.07) is 1.94. The molecule has 1 unspecified atom stereocenters. The van der Waals surface area contributed by atoms with Crippen molar-refractivity contribution in [2.75, 3.05) is 13.1 Å². The molecule has 29 heavy (non-hydrogen) atoms. The van der Waals surface area contributed by atoms with Gasteiger partial charge in [0.15, 0.2) is 0 Å². The molecule has 1 atom stereocenters. The summed E-state index contributed by atoms with van der Waals surface area (Å²) in [4.78, 5) is 27.8. The van der Waals surface area contributed by atoms with E-state index in [4.69, 9.17) is 0 Å². The Hall–Kier alpha value is -2.34. The maximum absolute atomic E-state index is 12.9. The van der Waals surface area contributed by atoms with Crippen LogP contribution in [-0.2, 0) is 16.6 Å². The molecule has 2 aromatic heterocycles. The first-order valence-electron chi connectivity index (χ1n) is 10.5. The van der Waals surface area contributed by atoms with Gasteiger partial charge in [0, 0.05) is 42.3 Å². The van der Waals surface area contributed by atoms with Gasteiger partial charge >= 0.3 is 0 Å². The summed E-state index contributed by atoms with van der Waals surface area (Å²) >= 11 is 0. The third-order valence-electron chi connectivity index (χ3n) is 5.71. The number of nitrogens with zero attached hydrogens (tertiary/aromatic N) is 4. The molecular formula is C23H32N4O2. The van der Waals surface area contributed by atoms with Crippen molar-refractivity contribution in [3.05, 3.63) is 53.4 Å². The van der Waals surface area contributed by atoms with Gasteiger partial charge in [-0.25, -0.2) is 9.97 Å². The molecule has 6 nitrogen and oxygen atoms in total. The van der Waals surface area contributed by atoms with Crippen molar-refractivity contribution >= 4 is 5.91 Å². The van der Waals surface area contributed by atoms with Gasteiger partial charge in [-0.15, -0.1) is 0 Å². The monoisotopic (exact) mass is 396 g/mol. The first-order chi connectivity index (χ1) is 13.8. The minimum absolute atomic E-state index is 0.0186. The second-order valence-electron chi connectivity index (χ2n) is 8.67. The molecule has 2 heterocycles. The summed E-state index contributed by atoms with van der Waals surface area (Å²) in [6.07, 6.45) is 9.55. The molecular weight excluding hydrogens is 364 g/mol. The zero-order valence-electron chi connectivity index (χ0n) is 17.9. The molecule has 156 valence electrons. The number of hydrogen-bond acceptors (Lipinski definition) is 5. The summed E-state index contributed by atoms with van der Waals surface area (Å²) in [5, 5.41) is 10.8. The van der Waals surface area contributed by atoms with Gasteiger partial charge in [-0.05, 0) is 42.4 Å². The molecule has 1 N–H and O–H groups in total. The lowest BCUT2D eigenvalue weighted by atomic mass is 9.95. The van der Waals surface area contributed by atoms with Crippen molar-refractivity contribution < 1.29 is 9.90 Å². The topological polar surface area (TPSA) is 79.2 Å². The summed E-state index contributed by atoms with van der Waals surface area (Å²) in [7, 11) is 0. The van der Waals surface area contributed by atoms with Gasteiger partial charge in [-0.1, -0.05) is 27.7 Å². The van der Waals surface area contributed by atoms with E-state index in [1.807, 2.05) is 13.0 Å². The number of carbonyl (C=O) groups excluding carboxylic acids is 1. The number of aliphatic hydroxyl groups is 1. The maximum atomic E-state index is 12.9. The minimum Gasteiger partial charge on any atom is -0.386 e. The van der Waals surface area contributed by atoms with Gasteiger partial charge in [0.05, 0.1) is 19.1 Å². The van der Waals surface area contributed by atoms with Crippen molar-refractivity contribution in [3.63, 3.8) is 0 Å². The molecule has 3 rings (SSSR count). The first kappa shape index (κ1) is 21.4. The van der Waals surface area contributed by atoms with Gasteiger partial charge in [0.1, 0.15) is 5.82 Å². The van der Waals surface area contributed by atoms with Crippen molar-refractivity contribution in [1.29, 1.82) is 0 Å². The van der Waals surface area contributed by atoms with Gasteiger partial charge in [-0.3, -0.25) is 9.78 Å². The summed E-state index contributed by atoms with van der Waals surface area (Å²) in [6.45, 7) is 9.24. The van der Waals surface area contributed by atoms with Crippen LogP contribution in [0.5, 0.6) is 0 Å². The quantitative estimate of drug-likeness (QED) is 0.701. The van der Waals surface area contributed by atoms with Crippen LogP contribution in [0.4, 0.5) is 0 Å². The molecule has 0 spiro atoms. The predicted molar refractivity (Wildman–Crippen MR) is 112 cm³/mol. The largest absolute Gasteiger partial charge is 0.386 e. The fourth-order valence-electron chi connectivity index (χ4n) is 3.57. The number of aromatic nitrogens is 3. The Labute approximate surface area is 173 Å². The lowest BCUT2D eigenvalue weighted by Gasteiger charge is -2.26. The van der Waals surface area contributed by atoms with E-state index in [1.54, 1.807) is 29.7 Å². The molecule has 2 aromatic rings. The molecule has 1 aliphatic rings. The van der Waals surface area contributed by atoms with Crippen molar-refractivity contribution in [2.45, 2.75) is 70.8 Å². The van der Waals surface area contributed by atoms with Crippen molar-refractivity contribution in [1.82, 2.24) is 19.9 Å². The van der Waals surface area contributed by atoms with Crippen LogP contribution in [0.2, 0.25) is 0 Å². The van der Waals surface area contributed by atoms with Gasteiger partial charge < -0.3 is 10.0 Å². The Kier molecular flexibility index (Phi) is 6.63. The Morgan fingerprint density at radius 2 is 1.90 bits per heavy atom. The molecule has 1 amide bonds. The average molecular weight is 397 g/mol. The highest BCUT2D eigenvalue weighted by atomic mass is 16.3. The normalized spacial score (nSPS) is 15.9. The van der Waals surface area contributed by atoms with E-state index in [1.165, 1.54) is 0 Å². The molecule has 6 heteroatoms. The SMILES string of the molecule is CCCN(CC(O)c1cnccc1C(C)C)C(=O)Cc1cnc(C2(C)CC2)nc1. The van der Waals surface area contributed by atoms with Crippen LogP contribution in [0.3, 0.4) is 0 Å². The van der Waals surface area contributed by atoms with E-state index in [9.17, 15) is 9.90 Å². The van der Waals surface area contributed by atoms with Gasteiger partial charge in [-0.2, -0.15) is 0 Å². The lowest BCUT2D eigenvalue weighted by Crippen LogP contribution is -2.36. The van der Waals surface area contributed by atoms with Crippen LogP contribution >= 0.6 is 0 Å². The van der Waals surface area contributed by atoms with Gasteiger partial charge in [0.2, 0.25) is 5.91 Å². The number of amides is 1. The van der Waals surface area contributed by atoms with E-state index >= 15 is 0 Å². The fraction of sp³-hybridized carbons (Fsp3) is 0.565. The first-order valence-corrected chi connectivity index (χ1v) is 10.5. The second-order valence-corrected chi connectivity index (χ2v) is 8.67. The number of aliphatic hydroxyl groups excluding tert-OH is 1. The van der Waals surface area contributed by atoms with Crippen LogP contribution in [0.25, 0.3) is 0 Å². The van der Waals surface area contributed by atoms with E-state index in [2.05, 4.69) is 35.7 Å².